The number of ether oxygens (including phenoxy) is 1. The third kappa shape index (κ3) is 2.39. The molecule has 0 radical (unpaired) electrons. The molecule has 1 aromatic rings. The summed E-state index contributed by atoms with van der Waals surface area (Å²) >= 11 is 1.69. The number of hydrogen-bond acceptors (Lipinski definition) is 3. The lowest BCUT2D eigenvalue weighted by atomic mass is 10.4. The fourth-order valence-electron chi connectivity index (χ4n) is 1.20. The van der Waals surface area contributed by atoms with E-state index in [1.54, 1.807) is 17.8 Å². The SMILES string of the molecule is O=C1C=CC(CSc2ccccc2)O1. The van der Waals surface area contributed by atoms with Gasteiger partial charge < -0.3 is 4.74 Å². The van der Waals surface area contributed by atoms with Crippen LogP contribution in [0.3, 0.4) is 0 Å². The van der Waals surface area contributed by atoms with Crippen LogP contribution in [0.5, 0.6) is 0 Å². The first-order valence-corrected chi connectivity index (χ1v) is 5.40. The van der Waals surface area contributed by atoms with Crippen molar-refractivity contribution < 1.29 is 9.53 Å². The molecular weight excluding hydrogens is 196 g/mol. The second-order valence-electron chi connectivity index (χ2n) is 2.96. The van der Waals surface area contributed by atoms with E-state index in [2.05, 4.69) is 0 Å². The predicted molar refractivity (Wildman–Crippen MR) is 56.2 cm³/mol. The van der Waals surface area contributed by atoms with Crippen molar-refractivity contribution in [1.29, 1.82) is 0 Å². The van der Waals surface area contributed by atoms with Crippen LogP contribution in [0.25, 0.3) is 0 Å². The van der Waals surface area contributed by atoms with Crippen molar-refractivity contribution >= 4 is 17.7 Å². The van der Waals surface area contributed by atoms with Crippen molar-refractivity contribution in [1.82, 2.24) is 0 Å². The van der Waals surface area contributed by atoms with Crippen molar-refractivity contribution in [3.05, 3.63) is 42.5 Å². The van der Waals surface area contributed by atoms with Crippen LogP contribution in [0.15, 0.2) is 47.4 Å². The smallest absolute Gasteiger partial charge is 0.331 e. The van der Waals surface area contributed by atoms with E-state index >= 15 is 0 Å². The van der Waals surface area contributed by atoms with Crippen LogP contribution < -0.4 is 0 Å². The third-order valence-electron chi connectivity index (χ3n) is 1.87. The molecule has 0 aliphatic carbocycles. The van der Waals surface area contributed by atoms with E-state index < -0.39 is 0 Å². The molecule has 14 heavy (non-hydrogen) atoms. The largest absolute Gasteiger partial charge is 0.454 e. The van der Waals surface area contributed by atoms with Crippen LogP contribution in [-0.4, -0.2) is 17.8 Å². The molecule has 0 fully saturated rings. The summed E-state index contributed by atoms with van der Waals surface area (Å²) in [6, 6.07) is 10.1. The van der Waals surface area contributed by atoms with Gasteiger partial charge in [0.2, 0.25) is 0 Å². The first-order valence-electron chi connectivity index (χ1n) is 4.41. The predicted octanol–water partition coefficient (Wildman–Crippen LogP) is 2.26. The summed E-state index contributed by atoms with van der Waals surface area (Å²) in [7, 11) is 0. The minimum atomic E-state index is -0.233. The second kappa shape index (κ2) is 4.33. The van der Waals surface area contributed by atoms with E-state index in [4.69, 9.17) is 4.74 Å². The average Bonchev–Trinajstić information content (AvgIpc) is 2.63. The van der Waals surface area contributed by atoms with Gasteiger partial charge in [-0.3, -0.25) is 0 Å². The lowest BCUT2D eigenvalue weighted by Crippen LogP contribution is -2.09. The summed E-state index contributed by atoms with van der Waals surface area (Å²) in [5.74, 6) is 0.551. The van der Waals surface area contributed by atoms with Gasteiger partial charge in [-0.2, -0.15) is 0 Å². The Kier molecular flexibility index (Phi) is 2.89. The topological polar surface area (TPSA) is 26.3 Å². The van der Waals surface area contributed by atoms with Crippen LogP contribution in [0.1, 0.15) is 0 Å². The highest BCUT2D eigenvalue weighted by molar-refractivity contribution is 7.99. The summed E-state index contributed by atoms with van der Waals surface area (Å²) in [4.78, 5) is 11.9. The third-order valence-corrected chi connectivity index (χ3v) is 2.97. The maximum absolute atomic E-state index is 10.7. The molecule has 0 aromatic heterocycles. The molecule has 0 amide bonds. The summed E-state index contributed by atoms with van der Waals surface area (Å²) in [6.07, 6.45) is 3.22. The number of hydrogen-bond donors (Lipinski definition) is 0. The Hall–Kier alpha value is -1.22. The minimum Gasteiger partial charge on any atom is -0.454 e. The second-order valence-corrected chi connectivity index (χ2v) is 4.05. The maximum Gasteiger partial charge on any atom is 0.331 e. The van der Waals surface area contributed by atoms with Gasteiger partial charge in [-0.25, -0.2) is 4.79 Å². The molecule has 1 aliphatic heterocycles. The van der Waals surface area contributed by atoms with Crippen molar-refractivity contribution in [3.63, 3.8) is 0 Å². The highest BCUT2D eigenvalue weighted by atomic mass is 32.2. The van der Waals surface area contributed by atoms with E-state index in [0.717, 1.165) is 5.75 Å². The molecule has 1 aromatic carbocycles. The number of thioether (sulfide) groups is 1. The quantitative estimate of drug-likeness (QED) is 0.560. The fraction of sp³-hybridized carbons (Fsp3) is 0.182. The van der Waals surface area contributed by atoms with Gasteiger partial charge >= 0.3 is 5.97 Å². The summed E-state index contributed by atoms with van der Waals surface area (Å²) in [5, 5.41) is 0. The Morgan fingerprint density at radius 1 is 1.29 bits per heavy atom. The summed E-state index contributed by atoms with van der Waals surface area (Å²) < 4.78 is 5.01. The molecule has 72 valence electrons. The van der Waals surface area contributed by atoms with Gasteiger partial charge in [0, 0.05) is 16.7 Å². The molecule has 2 nitrogen and oxygen atoms in total. The van der Waals surface area contributed by atoms with Crippen molar-refractivity contribution in [2.75, 3.05) is 5.75 Å². The zero-order valence-electron chi connectivity index (χ0n) is 7.55. The molecule has 1 heterocycles. The van der Waals surface area contributed by atoms with E-state index in [1.807, 2.05) is 30.3 Å². The molecule has 0 bridgehead atoms. The molecular formula is C11H10O2S. The molecule has 1 unspecified atom stereocenters. The number of carbonyl (C=O) groups is 1. The van der Waals surface area contributed by atoms with E-state index in [0.29, 0.717) is 0 Å². The van der Waals surface area contributed by atoms with Gasteiger partial charge in [-0.1, -0.05) is 18.2 Å². The lowest BCUT2D eigenvalue weighted by molar-refractivity contribution is -0.137. The van der Waals surface area contributed by atoms with Crippen molar-refractivity contribution in [3.8, 4) is 0 Å². The Balaban J connectivity index is 1.84. The number of benzene rings is 1. The fourth-order valence-corrected chi connectivity index (χ4v) is 2.08. The monoisotopic (exact) mass is 206 g/mol. The van der Waals surface area contributed by atoms with Crippen molar-refractivity contribution in [2.24, 2.45) is 0 Å². The molecule has 1 aliphatic rings. The number of carbonyl (C=O) groups excluding carboxylic acids is 1. The molecule has 0 saturated heterocycles. The van der Waals surface area contributed by atoms with E-state index in [1.165, 1.54) is 11.0 Å². The first kappa shape index (κ1) is 9.34. The Morgan fingerprint density at radius 2 is 2.07 bits per heavy atom. The Labute approximate surface area is 87.0 Å². The highest BCUT2D eigenvalue weighted by Crippen LogP contribution is 2.20. The molecule has 0 N–H and O–H groups in total. The van der Waals surface area contributed by atoms with Crippen LogP contribution in [0.4, 0.5) is 0 Å². The lowest BCUT2D eigenvalue weighted by Gasteiger charge is -2.07. The van der Waals surface area contributed by atoms with E-state index in [-0.39, 0.29) is 12.1 Å². The molecule has 3 heteroatoms. The molecule has 1 atom stereocenters. The number of rotatable bonds is 3. The van der Waals surface area contributed by atoms with Gasteiger partial charge in [-0.05, 0) is 18.2 Å². The Bertz CT molecular complexity index is 346. The number of esters is 1. The highest BCUT2D eigenvalue weighted by Gasteiger charge is 2.16. The van der Waals surface area contributed by atoms with Gasteiger partial charge in [0.1, 0.15) is 6.10 Å². The zero-order chi connectivity index (χ0) is 9.80. The molecule has 2 rings (SSSR count). The van der Waals surface area contributed by atoms with Crippen LogP contribution in [0.2, 0.25) is 0 Å². The number of cyclic esters (lactones) is 1. The average molecular weight is 206 g/mol. The Morgan fingerprint density at radius 3 is 2.71 bits per heavy atom. The van der Waals surface area contributed by atoms with Crippen LogP contribution in [0, 0.1) is 0 Å². The van der Waals surface area contributed by atoms with Gasteiger partial charge in [0.25, 0.3) is 0 Å². The van der Waals surface area contributed by atoms with Gasteiger partial charge in [0.15, 0.2) is 0 Å². The molecule has 0 spiro atoms. The minimum absolute atomic E-state index is 0.0623. The molecule has 0 saturated carbocycles. The van der Waals surface area contributed by atoms with Crippen LogP contribution in [-0.2, 0) is 9.53 Å². The first-order chi connectivity index (χ1) is 6.84. The maximum atomic E-state index is 10.7. The van der Waals surface area contributed by atoms with Gasteiger partial charge in [-0.15, -0.1) is 11.8 Å². The normalized spacial score (nSPS) is 19.7. The zero-order valence-corrected chi connectivity index (χ0v) is 8.37. The summed E-state index contributed by atoms with van der Waals surface area (Å²) in [6.45, 7) is 0. The summed E-state index contributed by atoms with van der Waals surface area (Å²) in [5.41, 5.74) is 0. The standard InChI is InChI=1S/C11H10O2S/c12-11-7-6-9(13-11)8-14-10-4-2-1-3-5-10/h1-7,9H,8H2. The van der Waals surface area contributed by atoms with Crippen molar-refractivity contribution in [2.45, 2.75) is 11.0 Å². The van der Waals surface area contributed by atoms with Gasteiger partial charge in [0.05, 0.1) is 0 Å². The van der Waals surface area contributed by atoms with Crippen LogP contribution >= 0.6 is 11.8 Å². The van der Waals surface area contributed by atoms with E-state index in [9.17, 15) is 4.79 Å².